The molecule has 0 N–H and O–H groups in total. The zero-order valence-corrected chi connectivity index (χ0v) is 18.6. The Morgan fingerprint density at radius 2 is 1.10 bits per heavy atom. The predicted octanol–water partition coefficient (Wildman–Crippen LogP) is 4.53. The third kappa shape index (κ3) is 3.19. The molecule has 118 valence electrons. The van der Waals surface area contributed by atoms with Gasteiger partial charge in [-0.25, -0.2) is 0 Å². The van der Waals surface area contributed by atoms with Crippen molar-refractivity contribution in [2.75, 3.05) is 0 Å². The molecular weight excluding hydrogens is 295 g/mol. The molecule has 0 aromatic rings. The lowest BCUT2D eigenvalue weighted by Crippen LogP contribution is -2.69. The summed E-state index contributed by atoms with van der Waals surface area (Å²) in [6.07, 6.45) is 0. The third-order valence-electron chi connectivity index (χ3n) is 6.55. The Labute approximate surface area is 129 Å². The maximum Gasteiger partial charge on any atom is 0.454 e. The minimum Gasteiger partial charge on any atom is -0.403 e. The van der Waals surface area contributed by atoms with E-state index in [9.17, 15) is 0 Å². The molecule has 1 aliphatic rings. The van der Waals surface area contributed by atoms with Gasteiger partial charge in [0.15, 0.2) is 0 Å². The van der Waals surface area contributed by atoms with E-state index in [0.717, 1.165) is 5.94 Å². The van der Waals surface area contributed by atoms with E-state index in [1.165, 1.54) is 0 Å². The fraction of sp³-hybridized carbons (Fsp3) is 1.00. The first-order valence-corrected chi connectivity index (χ1v) is 19.6. The monoisotopic (exact) mass is 330 g/mol. The Morgan fingerprint density at radius 1 is 0.750 bits per heavy atom. The average Bonchev–Trinajstić information content (AvgIpc) is 2.30. The normalized spacial score (nSPS) is 23.2. The largest absolute Gasteiger partial charge is 0.454 e. The van der Waals surface area contributed by atoms with Gasteiger partial charge in [-0.05, 0) is 33.6 Å². The summed E-state index contributed by atoms with van der Waals surface area (Å²) in [5, 5.41) is 0. The second-order valence-corrected chi connectivity index (χ2v) is 39.1. The number of rotatable bonds is 4. The van der Waals surface area contributed by atoms with Crippen molar-refractivity contribution in [2.45, 2.75) is 90.7 Å². The zero-order chi connectivity index (χ0) is 16.2. The van der Waals surface area contributed by atoms with E-state index in [-0.39, 0.29) is 18.3 Å². The van der Waals surface area contributed by atoms with Crippen molar-refractivity contribution in [1.29, 1.82) is 0 Å². The van der Waals surface area contributed by atoms with Crippen molar-refractivity contribution in [3.8, 4) is 0 Å². The van der Waals surface area contributed by atoms with E-state index in [0.29, 0.717) is 0 Å². The highest BCUT2D eigenvalue weighted by molar-refractivity contribution is 7.68. The standard InChI is InChI=1S/C14H35BO2Si3/c1-13(2)14(3,4)17-15(16-13)12-19(8,9)20(10,11)18(5,6)7/h12H2,1-11H3. The first-order valence-electron chi connectivity index (χ1n) is 7.89. The molecule has 0 atom stereocenters. The molecule has 1 fully saturated rings. The van der Waals surface area contributed by atoms with Crippen molar-refractivity contribution in [3.05, 3.63) is 0 Å². The van der Waals surface area contributed by atoms with Gasteiger partial charge < -0.3 is 9.31 Å². The summed E-state index contributed by atoms with van der Waals surface area (Å²) in [6, 6.07) is 0. The SMILES string of the molecule is CC1(C)OB(C[Si](C)(C)[Si](C)(C)[Si](C)(C)C)OC1(C)C. The van der Waals surface area contributed by atoms with Crippen LogP contribution in [-0.2, 0) is 9.31 Å². The lowest BCUT2D eigenvalue weighted by Gasteiger charge is -2.47. The van der Waals surface area contributed by atoms with Gasteiger partial charge in [0.25, 0.3) is 0 Å². The fourth-order valence-corrected chi connectivity index (χ4v) is 33.6. The minimum atomic E-state index is -1.31. The van der Waals surface area contributed by atoms with Gasteiger partial charge in [0.05, 0.1) is 11.2 Å². The van der Waals surface area contributed by atoms with Crippen LogP contribution in [0.4, 0.5) is 0 Å². The molecule has 1 aliphatic heterocycles. The molecule has 1 saturated heterocycles. The molecule has 0 bridgehead atoms. The summed E-state index contributed by atoms with van der Waals surface area (Å²) < 4.78 is 12.5. The number of hydrogen-bond donors (Lipinski definition) is 0. The maximum absolute atomic E-state index is 6.26. The first kappa shape index (κ1) is 18.7. The highest BCUT2D eigenvalue weighted by atomic mass is 29.6. The van der Waals surface area contributed by atoms with Crippen molar-refractivity contribution < 1.29 is 9.31 Å². The molecular formula is C14H35BO2Si3. The highest BCUT2D eigenvalue weighted by Gasteiger charge is 2.56. The second kappa shape index (κ2) is 5.08. The molecule has 1 heterocycles. The molecule has 0 spiro atoms. The van der Waals surface area contributed by atoms with Crippen LogP contribution in [0.25, 0.3) is 0 Å². The molecule has 1 rings (SSSR count). The van der Waals surface area contributed by atoms with Crippen LogP contribution in [0.2, 0.25) is 51.8 Å². The Morgan fingerprint density at radius 3 is 1.40 bits per heavy atom. The predicted molar refractivity (Wildman–Crippen MR) is 99.2 cm³/mol. The molecule has 0 aromatic heterocycles. The van der Waals surface area contributed by atoms with E-state index in [1.54, 1.807) is 0 Å². The Bertz CT molecular complexity index is 357. The number of hydrogen-bond acceptors (Lipinski definition) is 2. The topological polar surface area (TPSA) is 18.5 Å². The first-order chi connectivity index (χ1) is 8.54. The van der Waals surface area contributed by atoms with Gasteiger partial charge in [-0.1, -0.05) is 45.8 Å². The maximum atomic E-state index is 6.26. The van der Waals surface area contributed by atoms with Crippen LogP contribution in [0.5, 0.6) is 0 Å². The summed E-state index contributed by atoms with van der Waals surface area (Å²) in [4.78, 5) is 0. The summed E-state index contributed by atoms with van der Waals surface area (Å²) >= 11 is 0. The van der Waals surface area contributed by atoms with Crippen LogP contribution < -0.4 is 0 Å². The molecule has 6 heteroatoms. The molecule has 0 amide bonds. The van der Waals surface area contributed by atoms with E-state index >= 15 is 0 Å². The Balaban J connectivity index is 2.90. The van der Waals surface area contributed by atoms with Gasteiger partial charge in [0, 0.05) is 22.3 Å². The minimum absolute atomic E-state index is 0.00444. The lowest BCUT2D eigenvalue weighted by atomic mass is 9.90. The molecule has 0 unspecified atom stereocenters. The highest BCUT2D eigenvalue weighted by Crippen LogP contribution is 2.41. The second-order valence-electron chi connectivity index (χ2n) is 9.65. The average molecular weight is 331 g/mol. The van der Waals surface area contributed by atoms with Crippen molar-refractivity contribution in [3.63, 3.8) is 0 Å². The molecule has 0 aliphatic carbocycles. The van der Waals surface area contributed by atoms with E-state index in [4.69, 9.17) is 9.31 Å². The van der Waals surface area contributed by atoms with Gasteiger partial charge in [0.1, 0.15) is 0 Å². The fourth-order valence-electron chi connectivity index (χ4n) is 2.74. The van der Waals surface area contributed by atoms with Crippen LogP contribution in [-0.4, -0.2) is 40.6 Å². The summed E-state index contributed by atoms with van der Waals surface area (Å²) in [5.74, 6) is 1.16. The Kier molecular flexibility index (Phi) is 4.75. The van der Waals surface area contributed by atoms with Crippen LogP contribution in [0.1, 0.15) is 27.7 Å². The van der Waals surface area contributed by atoms with Crippen LogP contribution in [0.3, 0.4) is 0 Å². The molecule has 0 saturated carbocycles. The van der Waals surface area contributed by atoms with E-state index in [2.05, 4.69) is 73.5 Å². The van der Waals surface area contributed by atoms with E-state index < -0.39 is 22.3 Å². The van der Waals surface area contributed by atoms with Gasteiger partial charge in [-0.15, -0.1) is 0 Å². The van der Waals surface area contributed by atoms with Crippen LogP contribution in [0, 0.1) is 0 Å². The van der Waals surface area contributed by atoms with Gasteiger partial charge >= 0.3 is 7.12 Å². The van der Waals surface area contributed by atoms with Gasteiger partial charge in [0.2, 0.25) is 0 Å². The quantitative estimate of drug-likeness (QED) is 0.705. The molecule has 0 aromatic carbocycles. The Hall–Kier alpha value is 0.636. The van der Waals surface area contributed by atoms with Gasteiger partial charge in [-0.3, -0.25) is 0 Å². The third-order valence-corrected chi connectivity index (χ3v) is 49.9. The van der Waals surface area contributed by atoms with Gasteiger partial charge in [-0.2, -0.15) is 0 Å². The zero-order valence-electron chi connectivity index (χ0n) is 15.6. The summed E-state index contributed by atoms with van der Waals surface area (Å²) in [7, 11) is -3.55. The molecule has 2 nitrogen and oxygen atoms in total. The summed E-state index contributed by atoms with van der Waals surface area (Å²) in [6.45, 7) is 26.7. The molecule has 20 heavy (non-hydrogen) atoms. The van der Waals surface area contributed by atoms with Crippen LogP contribution >= 0.6 is 0 Å². The lowest BCUT2D eigenvalue weighted by molar-refractivity contribution is 0.00578. The van der Waals surface area contributed by atoms with Crippen molar-refractivity contribution in [1.82, 2.24) is 0 Å². The molecule has 0 radical (unpaired) electrons. The van der Waals surface area contributed by atoms with Crippen molar-refractivity contribution in [2.24, 2.45) is 0 Å². The van der Waals surface area contributed by atoms with Crippen LogP contribution in [0.15, 0.2) is 0 Å². The van der Waals surface area contributed by atoms with Crippen molar-refractivity contribution >= 4 is 29.4 Å². The smallest absolute Gasteiger partial charge is 0.403 e. The van der Waals surface area contributed by atoms with E-state index in [1.807, 2.05) is 0 Å². The summed E-state index contributed by atoms with van der Waals surface area (Å²) in [5.41, 5.74) is -0.375.